The molecule has 0 unspecified atom stereocenters. The normalized spacial score (nSPS) is 13.1. The van der Waals surface area contributed by atoms with E-state index >= 15 is 0 Å². The van der Waals surface area contributed by atoms with Crippen LogP contribution in [0.2, 0.25) is 0 Å². The lowest BCUT2D eigenvalue weighted by Gasteiger charge is -2.10. The van der Waals surface area contributed by atoms with Gasteiger partial charge in [-0.2, -0.15) is 0 Å². The second kappa shape index (κ2) is 4.26. The van der Waals surface area contributed by atoms with Gasteiger partial charge in [-0.1, -0.05) is 0 Å². The first-order chi connectivity index (χ1) is 5.07. The fourth-order valence-electron chi connectivity index (χ4n) is 0.493. The molecule has 0 saturated carbocycles. The summed E-state index contributed by atoms with van der Waals surface area (Å²) in [6.45, 7) is 0. The number of carbonyl (C=O) groups is 2. The second-order valence-corrected chi connectivity index (χ2v) is 1.78. The van der Waals surface area contributed by atoms with Gasteiger partial charge in [-0.3, -0.25) is 10.7 Å². The van der Waals surface area contributed by atoms with E-state index in [1.807, 2.05) is 0 Å². The van der Waals surface area contributed by atoms with Crippen molar-refractivity contribution in [1.29, 1.82) is 0 Å². The first kappa shape index (κ1) is 9.41. The summed E-state index contributed by atoms with van der Waals surface area (Å²) in [5.74, 6) is -3.01. The monoisotopic (exact) mass is 159 g/mol. The number of nitrogens with two attached hydrogens (primary N) is 1. The van der Waals surface area contributed by atoms with Gasteiger partial charge in [0, 0.05) is 12.4 Å². The summed E-state index contributed by atoms with van der Waals surface area (Å²) < 4.78 is 0. The Hall–Kier alpha value is -1.59. The number of rotatable bonds is 4. The van der Waals surface area contributed by atoms with Gasteiger partial charge in [0.05, 0.1) is 5.97 Å². The molecule has 0 aliphatic rings. The molecule has 0 bridgehead atoms. The molecule has 0 fully saturated rings. The topological polar surface area (TPSA) is 120 Å². The van der Waals surface area contributed by atoms with Gasteiger partial charge in [0.15, 0.2) is 0 Å². The Balaban J connectivity index is 4.11. The largest absolute Gasteiger partial charge is 0.550 e. The minimum absolute atomic E-state index is 0.671. The molecule has 0 saturated heterocycles. The van der Waals surface area contributed by atoms with E-state index < -0.39 is 24.4 Å². The zero-order valence-electron chi connectivity index (χ0n) is 5.57. The van der Waals surface area contributed by atoms with Crippen molar-refractivity contribution in [3.05, 3.63) is 0 Å². The Morgan fingerprint density at radius 2 is 2.09 bits per heavy atom. The maximum atomic E-state index is 10.1. The smallest absolute Gasteiger partial charge is 0.228 e. The molecule has 0 radical (unpaired) electrons. The zero-order valence-corrected chi connectivity index (χ0v) is 5.57. The lowest BCUT2D eigenvalue weighted by Crippen LogP contribution is -2.82. The van der Waals surface area contributed by atoms with E-state index in [1.54, 1.807) is 0 Å². The molecule has 0 aliphatic heterocycles. The summed E-state index contributed by atoms with van der Waals surface area (Å²) in [6, 6.07) is -1.33. The number of carboxylic acid groups (broad SMARTS) is 2. The van der Waals surface area contributed by atoms with Crippen LogP contribution in [0.1, 0.15) is 6.42 Å². The van der Waals surface area contributed by atoms with E-state index in [9.17, 15) is 19.8 Å². The molecule has 11 heavy (non-hydrogen) atoms. The molecule has 62 valence electrons. The number of hydrogen-bond acceptors (Lipinski definition) is 4. The van der Waals surface area contributed by atoms with E-state index in [0.29, 0.717) is 0 Å². The highest BCUT2D eigenvalue weighted by Crippen LogP contribution is 1.79. The van der Waals surface area contributed by atoms with Crippen molar-refractivity contribution in [3.8, 4) is 0 Å². The molecule has 6 heteroatoms. The molecular weight excluding hydrogens is 152 g/mol. The summed E-state index contributed by atoms with van der Waals surface area (Å²) in [6.07, 6.45) is 0.166. The van der Waals surface area contributed by atoms with E-state index in [0.717, 1.165) is 6.34 Å². The quantitative estimate of drug-likeness (QED) is 0.313. The van der Waals surface area contributed by atoms with Crippen LogP contribution in [-0.4, -0.2) is 24.3 Å². The maximum Gasteiger partial charge on any atom is 0.228 e. The lowest BCUT2D eigenvalue weighted by atomic mass is 10.2. The van der Waals surface area contributed by atoms with Crippen LogP contribution in [0, 0.1) is 0 Å². The van der Waals surface area contributed by atoms with Crippen molar-refractivity contribution in [1.82, 2.24) is 0 Å². The summed E-state index contributed by atoms with van der Waals surface area (Å²) in [4.78, 5) is 22.1. The number of aliphatic carboxylic acids is 2. The highest BCUT2D eigenvalue weighted by atomic mass is 16.4. The van der Waals surface area contributed by atoms with Crippen molar-refractivity contribution in [2.24, 2.45) is 5.73 Å². The van der Waals surface area contributed by atoms with E-state index in [2.05, 4.69) is 4.99 Å². The van der Waals surface area contributed by atoms with Crippen molar-refractivity contribution in [2.45, 2.75) is 12.5 Å². The Kier molecular flexibility index (Phi) is 3.65. The Bertz CT molecular complexity index is 189. The van der Waals surface area contributed by atoms with Crippen LogP contribution in [0.15, 0.2) is 0 Å². The number of carbonyl (C=O) groups excluding carboxylic acids is 2. The Morgan fingerprint density at radius 3 is 2.36 bits per heavy atom. The van der Waals surface area contributed by atoms with Crippen LogP contribution in [0.3, 0.4) is 0 Å². The fraction of sp³-hybridized carbons (Fsp3) is 0.400. The molecule has 0 rings (SSSR count). The third-order valence-corrected chi connectivity index (χ3v) is 0.953. The number of hydrogen-bond donors (Lipinski definition) is 2. The van der Waals surface area contributed by atoms with Gasteiger partial charge in [-0.05, 0) is 0 Å². The van der Waals surface area contributed by atoms with Gasteiger partial charge in [-0.15, -0.1) is 0 Å². The van der Waals surface area contributed by atoms with Gasteiger partial charge in [0.2, 0.25) is 6.34 Å². The third-order valence-electron chi connectivity index (χ3n) is 0.953. The minimum atomic E-state index is -1.53. The highest BCUT2D eigenvalue weighted by Gasteiger charge is 2.08. The standard InChI is InChI=1S/C5H8N2O4/c6-2-7-3(5(10)11)1-4(8)9/h2-3H,1H2,(H2,6,7)(H,8,9)(H,10,11)/p-1/t3-/m0/s1. The molecule has 6 nitrogen and oxygen atoms in total. The van der Waals surface area contributed by atoms with E-state index in [1.165, 1.54) is 0 Å². The van der Waals surface area contributed by atoms with Crippen molar-refractivity contribution in [3.63, 3.8) is 0 Å². The average molecular weight is 159 g/mol. The molecule has 0 heterocycles. The van der Waals surface area contributed by atoms with Gasteiger partial charge in [0.25, 0.3) is 0 Å². The predicted octanol–water partition coefficient (Wildman–Crippen LogP) is -5.69. The first-order valence-electron chi connectivity index (χ1n) is 2.78. The Labute approximate surface area is 62.3 Å². The molecule has 0 aromatic heterocycles. The van der Waals surface area contributed by atoms with Crippen LogP contribution in [0.25, 0.3) is 0 Å². The molecular formula is C5H7N2O4-. The summed E-state index contributed by atoms with van der Waals surface area (Å²) in [5.41, 5.74) is 4.80. The molecule has 0 aliphatic carbocycles. The van der Waals surface area contributed by atoms with Crippen LogP contribution < -0.4 is 20.9 Å². The molecule has 0 spiro atoms. The fourth-order valence-corrected chi connectivity index (χ4v) is 0.493. The van der Waals surface area contributed by atoms with Crippen LogP contribution in [0.5, 0.6) is 0 Å². The van der Waals surface area contributed by atoms with Gasteiger partial charge in [-0.25, -0.2) is 0 Å². The predicted molar refractivity (Wildman–Crippen MR) is 29.6 cm³/mol. The van der Waals surface area contributed by atoms with Crippen LogP contribution in [-0.2, 0) is 9.59 Å². The van der Waals surface area contributed by atoms with Crippen molar-refractivity contribution in [2.75, 3.05) is 0 Å². The van der Waals surface area contributed by atoms with Gasteiger partial charge in [0.1, 0.15) is 6.04 Å². The van der Waals surface area contributed by atoms with Crippen molar-refractivity contribution >= 4 is 18.3 Å². The third kappa shape index (κ3) is 3.90. The Morgan fingerprint density at radius 1 is 1.55 bits per heavy atom. The first-order valence-corrected chi connectivity index (χ1v) is 2.78. The number of nitrogens with one attached hydrogen (secondary N) is 1. The molecule has 1 atom stereocenters. The van der Waals surface area contributed by atoms with E-state index in [4.69, 9.17) is 5.73 Å². The van der Waals surface area contributed by atoms with Crippen LogP contribution in [0.4, 0.5) is 0 Å². The van der Waals surface area contributed by atoms with E-state index in [-0.39, 0.29) is 0 Å². The molecule has 3 N–H and O–H groups in total. The minimum Gasteiger partial charge on any atom is -0.550 e. The molecule has 0 aromatic carbocycles. The SMILES string of the molecule is NC=[NH+][C@@H](CC(=O)[O-])C(=O)[O-]. The van der Waals surface area contributed by atoms with Crippen molar-refractivity contribution < 1.29 is 24.8 Å². The van der Waals surface area contributed by atoms with Gasteiger partial charge < -0.3 is 19.8 Å². The van der Waals surface area contributed by atoms with Gasteiger partial charge >= 0.3 is 0 Å². The summed E-state index contributed by atoms with van der Waals surface area (Å²) in [7, 11) is 0. The highest BCUT2D eigenvalue weighted by molar-refractivity contribution is 5.77. The molecule has 0 aromatic rings. The second-order valence-electron chi connectivity index (χ2n) is 1.78. The molecule has 0 amide bonds. The average Bonchev–Trinajstić information content (AvgIpc) is 1.86. The summed E-state index contributed by atoms with van der Waals surface area (Å²) >= 11 is 0. The maximum absolute atomic E-state index is 10.1. The van der Waals surface area contributed by atoms with Crippen LogP contribution >= 0.6 is 0 Å². The summed E-state index contributed by atoms with van der Waals surface area (Å²) in [5, 5.41) is 20.0. The zero-order chi connectivity index (χ0) is 8.85. The lowest BCUT2D eigenvalue weighted by molar-refractivity contribution is -0.504. The number of carboxylic acids is 2.